The molecule has 0 saturated carbocycles. The molecule has 0 saturated heterocycles. The summed E-state index contributed by atoms with van der Waals surface area (Å²) in [7, 11) is 0. The summed E-state index contributed by atoms with van der Waals surface area (Å²) in [5.74, 6) is 0.668. The molecule has 3 heteroatoms. The van der Waals surface area contributed by atoms with Gasteiger partial charge in [-0.2, -0.15) is 0 Å². The molecule has 0 amide bonds. The Morgan fingerprint density at radius 3 is 2.56 bits per heavy atom. The third kappa shape index (κ3) is 7.30. The zero-order valence-electron chi connectivity index (χ0n) is 11.5. The van der Waals surface area contributed by atoms with E-state index in [9.17, 15) is 0 Å². The number of benzene rings is 1. The Morgan fingerprint density at radius 1 is 1.11 bits per heavy atom. The van der Waals surface area contributed by atoms with Gasteiger partial charge in [0.05, 0.1) is 12.3 Å². The summed E-state index contributed by atoms with van der Waals surface area (Å²) in [5, 5.41) is 0. The first-order chi connectivity index (χ1) is 8.83. The predicted octanol–water partition coefficient (Wildman–Crippen LogP) is 3.87. The second kappa shape index (κ2) is 9.92. The Morgan fingerprint density at radius 2 is 1.83 bits per heavy atom. The lowest BCUT2D eigenvalue weighted by Crippen LogP contribution is -2.07. The Kier molecular flexibility index (Phi) is 8.26. The monoisotopic (exact) mass is 251 g/mol. The van der Waals surface area contributed by atoms with Crippen LogP contribution in [-0.4, -0.2) is 19.8 Å². The molecule has 0 heterocycles. The van der Waals surface area contributed by atoms with E-state index >= 15 is 0 Å². The molecule has 1 N–H and O–H groups in total. The second-order valence-corrected chi connectivity index (χ2v) is 4.61. The number of nitrogens with one attached hydrogen (secondary N) is 1. The molecule has 0 radical (unpaired) electrons. The normalized spacial score (nSPS) is 12.3. The van der Waals surface area contributed by atoms with Crippen LogP contribution in [0.1, 0.15) is 33.1 Å². The molecule has 0 unspecified atom stereocenters. The Bertz CT molecular complexity index is 290. The number of para-hydroxylation sites is 1. The first-order valence-electron chi connectivity index (χ1n) is 6.83. The molecular weight excluding hydrogens is 226 g/mol. The smallest absolute Gasteiger partial charge is 0.0746 e. The van der Waals surface area contributed by atoms with Crippen LogP contribution in [0.4, 0.5) is 5.69 Å². The van der Waals surface area contributed by atoms with Gasteiger partial charge >= 0.3 is 0 Å². The fourth-order valence-corrected chi connectivity index (χ4v) is 1.42. The SMILES string of the molecule is CC[C@H](C)COCCCCONc1ccccc1. The highest BCUT2D eigenvalue weighted by molar-refractivity contribution is 5.39. The molecule has 102 valence electrons. The molecule has 0 fully saturated rings. The largest absolute Gasteiger partial charge is 0.381 e. The third-order valence-electron chi connectivity index (χ3n) is 2.85. The van der Waals surface area contributed by atoms with Gasteiger partial charge in [-0.3, -0.25) is 10.3 Å². The van der Waals surface area contributed by atoms with Gasteiger partial charge in [0.25, 0.3) is 0 Å². The van der Waals surface area contributed by atoms with Gasteiger partial charge in [-0.15, -0.1) is 0 Å². The Hall–Kier alpha value is -1.06. The molecule has 3 nitrogen and oxygen atoms in total. The third-order valence-corrected chi connectivity index (χ3v) is 2.85. The van der Waals surface area contributed by atoms with Gasteiger partial charge in [-0.25, -0.2) is 0 Å². The van der Waals surface area contributed by atoms with Crippen molar-refractivity contribution in [3.05, 3.63) is 30.3 Å². The van der Waals surface area contributed by atoms with Crippen molar-refractivity contribution in [2.24, 2.45) is 5.92 Å². The summed E-state index contributed by atoms with van der Waals surface area (Å²) >= 11 is 0. The summed E-state index contributed by atoms with van der Waals surface area (Å²) < 4.78 is 5.58. The number of hydrogen-bond acceptors (Lipinski definition) is 3. The summed E-state index contributed by atoms with van der Waals surface area (Å²) in [6.07, 6.45) is 3.25. The topological polar surface area (TPSA) is 30.5 Å². The molecule has 1 aromatic carbocycles. The lowest BCUT2D eigenvalue weighted by atomic mass is 10.1. The zero-order valence-corrected chi connectivity index (χ0v) is 11.5. The van der Waals surface area contributed by atoms with Crippen LogP contribution in [0, 0.1) is 5.92 Å². The summed E-state index contributed by atoms with van der Waals surface area (Å²) in [4.78, 5) is 5.36. The molecular formula is C15H25NO2. The molecule has 18 heavy (non-hydrogen) atoms. The van der Waals surface area contributed by atoms with E-state index in [1.54, 1.807) is 0 Å². The molecule has 0 aliphatic carbocycles. The quantitative estimate of drug-likeness (QED) is 0.506. The average Bonchev–Trinajstić information content (AvgIpc) is 2.42. The van der Waals surface area contributed by atoms with E-state index in [-0.39, 0.29) is 0 Å². The van der Waals surface area contributed by atoms with Gasteiger partial charge in [0.2, 0.25) is 0 Å². The first kappa shape index (κ1) is 15.0. The van der Waals surface area contributed by atoms with Crippen LogP contribution in [0.15, 0.2) is 30.3 Å². The molecule has 0 aliphatic rings. The fourth-order valence-electron chi connectivity index (χ4n) is 1.42. The van der Waals surface area contributed by atoms with Crippen LogP contribution < -0.4 is 5.48 Å². The zero-order chi connectivity index (χ0) is 13.1. The van der Waals surface area contributed by atoms with Gasteiger partial charge in [-0.1, -0.05) is 38.5 Å². The van der Waals surface area contributed by atoms with Crippen LogP contribution in [0.3, 0.4) is 0 Å². The van der Waals surface area contributed by atoms with Crippen molar-refractivity contribution < 1.29 is 9.57 Å². The number of hydrogen-bond donors (Lipinski definition) is 1. The maximum absolute atomic E-state index is 5.58. The highest BCUT2D eigenvalue weighted by Gasteiger charge is 1.98. The van der Waals surface area contributed by atoms with E-state index in [0.717, 1.165) is 31.7 Å². The number of ether oxygens (including phenoxy) is 1. The van der Waals surface area contributed by atoms with Crippen LogP contribution in [0.2, 0.25) is 0 Å². The summed E-state index contributed by atoms with van der Waals surface area (Å²) in [6, 6.07) is 9.91. The van der Waals surface area contributed by atoms with Crippen molar-refractivity contribution in [1.29, 1.82) is 0 Å². The van der Waals surface area contributed by atoms with E-state index < -0.39 is 0 Å². The van der Waals surface area contributed by atoms with Crippen LogP contribution in [-0.2, 0) is 9.57 Å². The summed E-state index contributed by atoms with van der Waals surface area (Å²) in [5.41, 5.74) is 3.91. The fraction of sp³-hybridized carbons (Fsp3) is 0.600. The first-order valence-corrected chi connectivity index (χ1v) is 6.83. The second-order valence-electron chi connectivity index (χ2n) is 4.61. The van der Waals surface area contributed by atoms with Gasteiger partial charge in [0.15, 0.2) is 0 Å². The highest BCUT2D eigenvalue weighted by Crippen LogP contribution is 2.05. The van der Waals surface area contributed by atoms with E-state index in [0.29, 0.717) is 12.5 Å². The number of unbranched alkanes of at least 4 members (excludes halogenated alkanes) is 1. The predicted molar refractivity (Wildman–Crippen MR) is 75.5 cm³/mol. The maximum atomic E-state index is 5.58. The van der Waals surface area contributed by atoms with Gasteiger partial charge in [0, 0.05) is 13.2 Å². The molecule has 1 atom stereocenters. The van der Waals surface area contributed by atoms with Crippen LogP contribution in [0.25, 0.3) is 0 Å². The minimum atomic E-state index is 0.668. The molecule has 0 spiro atoms. The maximum Gasteiger partial charge on any atom is 0.0746 e. The van der Waals surface area contributed by atoms with E-state index in [4.69, 9.17) is 9.57 Å². The van der Waals surface area contributed by atoms with Crippen molar-refractivity contribution in [2.45, 2.75) is 33.1 Å². The lowest BCUT2D eigenvalue weighted by molar-refractivity contribution is 0.0934. The minimum Gasteiger partial charge on any atom is -0.381 e. The van der Waals surface area contributed by atoms with Crippen molar-refractivity contribution in [1.82, 2.24) is 0 Å². The Balaban J connectivity index is 1.87. The van der Waals surface area contributed by atoms with Crippen LogP contribution >= 0.6 is 0 Å². The number of anilines is 1. The van der Waals surface area contributed by atoms with Gasteiger partial charge < -0.3 is 4.74 Å². The van der Waals surface area contributed by atoms with Gasteiger partial charge in [0.1, 0.15) is 0 Å². The minimum absolute atomic E-state index is 0.668. The number of rotatable bonds is 10. The molecule has 0 aromatic heterocycles. The standard InChI is InChI=1S/C15H25NO2/c1-3-14(2)13-17-11-7-8-12-18-16-15-9-5-4-6-10-15/h4-6,9-10,14,16H,3,7-8,11-13H2,1-2H3/t14-/m0/s1. The van der Waals surface area contributed by atoms with Crippen LogP contribution in [0.5, 0.6) is 0 Å². The summed E-state index contributed by atoms with van der Waals surface area (Å²) in [6.45, 7) is 6.82. The average molecular weight is 251 g/mol. The van der Waals surface area contributed by atoms with Crippen molar-refractivity contribution in [2.75, 3.05) is 25.3 Å². The van der Waals surface area contributed by atoms with Crippen molar-refractivity contribution >= 4 is 5.69 Å². The Labute approximate surface area is 110 Å². The van der Waals surface area contributed by atoms with E-state index in [1.165, 1.54) is 6.42 Å². The van der Waals surface area contributed by atoms with E-state index in [2.05, 4.69) is 19.3 Å². The molecule has 1 aromatic rings. The molecule has 0 bridgehead atoms. The lowest BCUT2D eigenvalue weighted by Gasteiger charge is -2.09. The van der Waals surface area contributed by atoms with E-state index in [1.807, 2.05) is 30.3 Å². The molecule has 0 aliphatic heterocycles. The van der Waals surface area contributed by atoms with Crippen molar-refractivity contribution in [3.8, 4) is 0 Å². The van der Waals surface area contributed by atoms with Crippen molar-refractivity contribution in [3.63, 3.8) is 0 Å². The van der Waals surface area contributed by atoms with Gasteiger partial charge in [-0.05, 0) is 30.9 Å². The highest BCUT2D eigenvalue weighted by atomic mass is 16.6. The molecule has 1 rings (SSSR count).